The smallest absolute Gasteiger partial charge is 0.255 e. The monoisotopic (exact) mass is 267 g/mol. The highest BCUT2D eigenvalue weighted by Gasteiger charge is 2.14. The van der Waals surface area contributed by atoms with Gasteiger partial charge in [0, 0.05) is 12.7 Å². The Morgan fingerprint density at radius 3 is 3.15 bits per heavy atom. The van der Waals surface area contributed by atoms with E-state index < -0.39 is 0 Å². The van der Waals surface area contributed by atoms with Gasteiger partial charge in [-0.15, -0.1) is 0 Å². The zero-order valence-electron chi connectivity index (χ0n) is 11.0. The van der Waals surface area contributed by atoms with Gasteiger partial charge < -0.3 is 9.73 Å². The lowest BCUT2D eigenvalue weighted by Crippen LogP contribution is -2.22. The summed E-state index contributed by atoms with van der Waals surface area (Å²) in [6, 6.07) is 8.00. The quantitative estimate of drug-likeness (QED) is 0.791. The van der Waals surface area contributed by atoms with Gasteiger partial charge in [-0.1, -0.05) is 29.8 Å². The van der Waals surface area contributed by atoms with Gasteiger partial charge in [-0.05, 0) is 12.5 Å². The van der Waals surface area contributed by atoms with E-state index in [4.69, 9.17) is 4.42 Å². The number of benzene rings is 1. The molecule has 1 N–H and O–H groups in total. The predicted octanol–water partition coefficient (Wildman–Crippen LogP) is 2.46. The van der Waals surface area contributed by atoms with Crippen LogP contribution in [0.3, 0.4) is 0 Å². The molecule has 0 spiro atoms. The van der Waals surface area contributed by atoms with Gasteiger partial charge in [0.15, 0.2) is 0 Å². The van der Waals surface area contributed by atoms with Crippen LogP contribution < -0.4 is 5.32 Å². The highest BCUT2D eigenvalue weighted by molar-refractivity contribution is 6.04. The van der Waals surface area contributed by atoms with Crippen LogP contribution in [0.2, 0.25) is 0 Å². The minimum absolute atomic E-state index is 0.194. The zero-order valence-corrected chi connectivity index (χ0v) is 11.0. The Labute approximate surface area is 115 Å². The highest BCUT2D eigenvalue weighted by atomic mass is 16.3. The molecular formula is C15H13N3O2. The molecule has 1 amide bonds. The fourth-order valence-corrected chi connectivity index (χ4v) is 2.05. The molecule has 1 aromatic carbocycles. The van der Waals surface area contributed by atoms with Crippen LogP contribution in [0.25, 0.3) is 11.1 Å². The molecule has 100 valence electrons. The molecule has 0 bridgehead atoms. The van der Waals surface area contributed by atoms with Crippen molar-refractivity contribution in [3.8, 4) is 0 Å². The molecule has 0 atom stereocenters. The van der Waals surface area contributed by atoms with Gasteiger partial charge in [-0.25, -0.2) is 9.97 Å². The normalized spacial score (nSPS) is 10.7. The van der Waals surface area contributed by atoms with E-state index in [9.17, 15) is 4.79 Å². The minimum atomic E-state index is -0.194. The van der Waals surface area contributed by atoms with Crippen LogP contribution in [-0.2, 0) is 6.54 Å². The van der Waals surface area contributed by atoms with Crippen LogP contribution >= 0.6 is 0 Å². The Kier molecular flexibility index (Phi) is 3.16. The number of carbonyl (C=O) groups excluding carboxylic acids is 1. The third-order valence-corrected chi connectivity index (χ3v) is 3.03. The second-order valence-corrected chi connectivity index (χ2v) is 4.56. The lowest BCUT2D eigenvalue weighted by molar-refractivity contribution is 0.0951. The third kappa shape index (κ3) is 2.38. The number of rotatable bonds is 3. The summed E-state index contributed by atoms with van der Waals surface area (Å²) in [4.78, 5) is 20.0. The summed E-state index contributed by atoms with van der Waals surface area (Å²) in [6.45, 7) is 2.49. The summed E-state index contributed by atoms with van der Waals surface area (Å²) in [6.07, 6.45) is 4.37. The van der Waals surface area contributed by atoms with Crippen molar-refractivity contribution in [2.75, 3.05) is 0 Å². The van der Waals surface area contributed by atoms with Crippen molar-refractivity contribution in [2.45, 2.75) is 13.5 Å². The maximum atomic E-state index is 12.2. The van der Waals surface area contributed by atoms with Crippen molar-refractivity contribution >= 4 is 17.0 Å². The van der Waals surface area contributed by atoms with E-state index in [1.807, 2.05) is 31.2 Å². The molecule has 0 aliphatic heterocycles. The minimum Gasteiger partial charge on any atom is -0.445 e. The van der Waals surface area contributed by atoms with Crippen molar-refractivity contribution in [1.29, 1.82) is 0 Å². The third-order valence-electron chi connectivity index (χ3n) is 3.03. The summed E-state index contributed by atoms with van der Waals surface area (Å²) in [5.41, 5.74) is 3.09. The van der Waals surface area contributed by atoms with Gasteiger partial charge in [-0.3, -0.25) is 4.79 Å². The molecular weight excluding hydrogens is 254 g/mol. The van der Waals surface area contributed by atoms with Gasteiger partial charge in [0.2, 0.25) is 5.71 Å². The Morgan fingerprint density at radius 2 is 2.30 bits per heavy atom. The van der Waals surface area contributed by atoms with Crippen molar-refractivity contribution in [2.24, 2.45) is 0 Å². The van der Waals surface area contributed by atoms with Gasteiger partial charge in [0.1, 0.15) is 12.6 Å². The number of furan rings is 1. The van der Waals surface area contributed by atoms with E-state index in [-0.39, 0.29) is 5.91 Å². The van der Waals surface area contributed by atoms with Gasteiger partial charge in [0.25, 0.3) is 5.91 Å². The maximum Gasteiger partial charge on any atom is 0.255 e. The molecule has 0 saturated heterocycles. The summed E-state index contributed by atoms with van der Waals surface area (Å²) in [5, 5.41) is 3.49. The summed E-state index contributed by atoms with van der Waals surface area (Å²) in [5.74, 6) is -0.194. The van der Waals surface area contributed by atoms with Crippen LogP contribution in [0.4, 0.5) is 0 Å². The SMILES string of the molecule is Cc1cccc(CNC(=O)c2coc3ncncc23)c1. The van der Waals surface area contributed by atoms with Crippen LogP contribution in [0, 0.1) is 6.92 Å². The number of nitrogens with zero attached hydrogens (tertiary/aromatic N) is 2. The lowest BCUT2D eigenvalue weighted by Gasteiger charge is -2.04. The molecule has 0 radical (unpaired) electrons. The number of aryl methyl sites for hydroxylation is 1. The molecule has 0 saturated carbocycles. The van der Waals surface area contributed by atoms with Crippen LogP contribution in [-0.4, -0.2) is 15.9 Å². The second-order valence-electron chi connectivity index (χ2n) is 4.56. The number of amides is 1. The Bertz CT molecular complexity index is 764. The Morgan fingerprint density at radius 1 is 1.40 bits per heavy atom. The summed E-state index contributed by atoms with van der Waals surface area (Å²) >= 11 is 0. The summed E-state index contributed by atoms with van der Waals surface area (Å²) in [7, 11) is 0. The Balaban J connectivity index is 1.76. The highest BCUT2D eigenvalue weighted by Crippen LogP contribution is 2.17. The van der Waals surface area contributed by atoms with E-state index in [0.29, 0.717) is 23.2 Å². The van der Waals surface area contributed by atoms with Crippen molar-refractivity contribution in [3.63, 3.8) is 0 Å². The van der Waals surface area contributed by atoms with Gasteiger partial charge in [0.05, 0.1) is 10.9 Å². The number of hydrogen-bond donors (Lipinski definition) is 1. The van der Waals surface area contributed by atoms with Crippen molar-refractivity contribution < 1.29 is 9.21 Å². The van der Waals surface area contributed by atoms with Gasteiger partial charge >= 0.3 is 0 Å². The number of aromatic nitrogens is 2. The first-order valence-corrected chi connectivity index (χ1v) is 6.25. The van der Waals surface area contributed by atoms with E-state index >= 15 is 0 Å². The summed E-state index contributed by atoms with van der Waals surface area (Å²) < 4.78 is 5.23. The first kappa shape index (κ1) is 12.3. The second kappa shape index (κ2) is 5.13. The lowest BCUT2D eigenvalue weighted by atomic mass is 10.1. The largest absolute Gasteiger partial charge is 0.445 e. The molecule has 0 aliphatic carbocycles. The molecule has 3 rings (SSSR count). The van der Waals surface area contributed by atoms with Crippen molar-refractivity contribution in [3.05, 3.63) is 59.7 Å². The first-order chi connectivity index (χ1) is 9.74. The van der Waals surface area contributed by atoms with Crippen molar-refractivity contribution in [1.82, 2.24) is 15.3 Å². The number of fused-ring (bicyclic) bond motifs is 1. The average molecular weight is 267 g/mol. The molecule has 2 heterocycles. The average Bonchev–Trinajstić information content (AvgIpc) is 2.89. The maximum absolute atomic E-state index is 12.2. The fraction of sp³-hybridized carbons (Fsp3) is 0.133. The molecule has 0 unspecified atom stereocenters. The van der Waals surface area contributed by atoms with Crippen LogP contribution in [0.5, 0.6) is 0 Å². The fourth-order valence-electron chi connectivity index (χ4n) is 2.05. The zero-order chi connectivity index (χ0) is 13.9. The topological polar surface area (TPSA) is 68.0 Å². The molecule has 5 nitrogen and oxygen atoms in total. The van der Waals surface area contributed by atoms with E-state index in [0.717, 1.165) is 5.56 Å². The first-order valence-electron chi connectivity index (χ1n) is 6.25. The molecule has 5 heteroatoms. The van der Waals surface area contributed by atoms with E-state index in [1.54, 1.807) is 6.20 Å². The molecule has 0 aliphatic rings. The van der Waals surface area contributed by atoms with Gasteiger partial charge in [-0.2, -0.15) is 0 Å². The molecule has 2 aromatic heterocycles. The molecule has 20 heavy (non-hydrogen) atoms. The van der Waals surface area contributed by atoms with Crippen LogP contribution in [0.15, 0.2) is 47.5 Å². The standard InChI is InChI=1S/C15H13N3O2/c1-10-3-2-4-11(5-10)6-17-14(19)13-8-20-15-12(13)7-16-9-18-15/h2-5,7-9H,6H2,1H3,(H,17,19). The molecule has 0 fully saturated rings. The van der Waals surface area contributed by atoms with E-state index in [1.165, 1.54) is 18.2 Å². The molecule has 3 aromatic rings. The number of carbonyl (C=O) groups is 1. The number of hydrogen-bond acceptors (Lipinski definition) is 4. The van der Waals surface area contributed by atoms with E-state index in [2.05, 4.69) is 15.3 Å². The number of nitrogens with one attached hydrogen (secondary N) is 1. The Hall–Kier alpha value is -2.69. The predicted molar refractivity (Wildman–Crippen MR) is 74.2 cm³/mol. The van der Waals surface area contributed by atoms with Crippen LogP contribution in [0.1, 0.15) is 21.5 Å².